The minimum Gasteiger partial charge on any atom is -0.455 e. The van der Waals surface area contributed by atoms with Gasteiger partial charge in [0.25, 0.3) is 0 Å². The summed E-state index contributed by atoms with van der Waals surface area (Å²) in [7, 11) is 0. The van der Waals surface area contributed by atoms with Crippen LogP contribution in [0.4, 0.5) is 0 Å². The summed E-state index contributed by atoms with van der Waals surface area (Å²) in [6.45, 7) is 8.74. The van der Waals surface area contributed by atoms with Crippen LogP contribution in [0, 0.1) is 16.7 Å². The lowest BCUT2D eigenvalue weighted by Gasteiger charge is -2.67. The van der Waals surface area contributed by atoms with E-state index in [1.54, 1.807) is 58.0 Å². The molecule has 1 unspecified atom stereocenters. The summed E-state index contributed by atoms with van der Waals surface area (Å²) in [5.41, 5.74) is -5.88. The summed E-state index contributed by atoms with van der Waals surface area (Å²) in [4.78, 5) is 53.6. The summed E-state index contributed by atoms with van der Waals surface area (Å²) < 4.78 is 23.7. The number of rotatable bonds is 4. The van der Waals surface area contributed by atoms with Crippen LogP contribution in [0.2, 0.25) is 0 Å². The van der Waals surface area contributed by atoms with E-state index in [1.807, 2.05) is 0 Å². The van der Waals surface area contributed by atoms with Gasteiger partial charge in [0.1, 0.15) is 17.8 Å². The van der Waals surface area contributed by atoms with E-state index < -0.39 is 81.4 Å². The number of aliphatic hydroxyl groups is 2. The number of ketones is 1. The zero-order valence-corrected chi connectivity index (χ0v) is 25.3. The van der Waals surface area contributed by atoms with Gasteiger partial charge in [-0.15, -0.1) is 11.6 Å². The maximum atomic E-state index is 14.9. The molecule has 11 heteroatoms. The fourth-order valence-corrected chi connectivity index (χ4v) is 8.27. The molecule has 9 atom stereocenters. The summed E-state index contributed by atoms with van der Waals surface area (Å²) in [6, 6.07) is 8.15. The van der Waals surface area contributed by atoms with Crippen molar-refractivity contribution >= 4 is 35.3 Å². The lowest BCUT2D eigenvalue weighted by molar-refractivity contribution is -0.331. The summed E-state index contributed by atoms with van der Waals surface area (Å²) in [6.07, 6.45) is -5.29. The highest BCUT2D eigenvalue weighted by Crippen LogP contribution is 2.65. The van der Waals surface area contributed by atoms with Crippen LogP contribution < -0.4 is 0 Å². The van der Waals surface area contributed by atoms with E-state index in [0.29, 0.717) is 5.57 Å². The van der Waals surface area contributed by atoms with E-state index in [4.69, 9.17) is 30.5 Å². The van der Waals surface area contributed by atoms with Crippen LogP contribution in [0.15, 0.2) is 41.5 Å². The Balaban J connectivity index is 1.84. The monoisotopic (exact) mass is 604 g/mol. The lowest BCUT2D eigenvalue weighted by atomic mass is 9.45. The normalized spacial score (nSPS) is 40.4. The second kappa shape index (κ2) is 10.1. The Morgan fingerprint density at radius 1 is 1.05 bits per heavy atom. The molecule has 2 N–H and O–H groups in total. The molecule has 4 aliphatic rings. The molecular formula is C31H37ClO10. The number of carbonyl (C=O) groups is 4. The number of hydrogen-bond donors (Lipinski definition) is 2. The van der Waals surface area contributed by atoms with Crippen LogP contribution in [0.5, 0.6) is 0 Å². The minimum atomic E-state index is -2.06. The van der Waals surface area contributed by atoms with Crippen LogP contribution in [-0.2, 0) is 33.3 Å². The number of aliphatic hydroxyl groups excluding tert-OH is 1. The number of esters is 3. The average molecular weight is 605 g/mol. The molecule has 0 spiro atoms. The third kappa shape index (κ3) is 4.17. The molecule has 1 saturated heterocycles. The van der Waals surface area contributed by atoms with Crippen LogP contribution in [0.25, 0.3) is 0 Å². The molecule has 2 saturated carbocycles. The Kier molecular flexibility index (Phi) is 7.41. The number of alkyl halides is 1. The first-order valence-corrected chi connectivity index (χ1v) is 14.5. The maximum Gasteiger partial charge on any atom is 0.338 e. The molecule has 42 heavy (non-hydrogen) atoms. The summed E-state index contributed by atoms with van der Waals surface area (Å²) in [5.74, 6) is -4.06. The second-order valence-electron chi connectivity index (χ2n) is 12.7. The molecule has 10 nitrogen and oxygen atoms in total. The number of hydrogen-bond acceptors (Lipinski definition) is 10. The Hall–Kier alpha value is -2.79. The van der Waals surface area contributed by atoms with E-state index in [0.717, 1.165) is 0 Å². The zero-order chi connectivity index (χ0) is 31.0. The average Bonchev–Trinajstić information content (AvgIpc) is 2.90. The Morgan fingerprint density at radius 2 is 1.69 bits per heavy atom. The van der Waals surface area contributed by atoms with Crippen molar-refractivity contribution < 1.29 is 48.3 Å². The summed E-state index contributed by atoms with van der Waals surface area (Å²) in [5, 5.41) is 23.2. The van der Waals surface area contributed by atoms with Gasteiger partial charge in [0, 0.05) is 31.1 Å². The molecule has 1 heterocycles. The van der Waals surface area contributed by atoms with E-state index in [9.17, 15) is 29.4 Å². The van der Waals surface area contributed by atoms with Gasteiger partial charge in [-0.2, -0.15) is 0 Å². The van der Waals surface area contributed by atoms with Crippen LogP contribution >= 0.6 is 11.6 Å². The fourth-order valence-electron chi connectivity index (χ4n) is 7.87. The molecule has 3 aliphatic carbocycles. The van der Waals surface area contributed by atoms with E-state index in [2.05, 4.69) is 0 Å². The molecular weight excluding hydrogens is 568 g/mol. The maximum absolute atomic E-state index is 14.9. The predicted molar refractivity (Wildman–Crippen MR) is 148 cm³/mol. The molecule has 0 amide bonds. The van der Waals surface area contributed by atoms with Crippen molar-refractivity contribution in [2.75, 3.05) is 6.61 Å². The standard InChI is InChI=1S/C31H37ClO10/c1-15-19(35)13-31(38)26(41-27(37)18-10-8-7-9-11-18)24-29(6,20(32)12-21-30(24,14-39-21)42-17(3)34)25(36)23(40-16(2)33)22(15)28(31,4)5/h7-11,19-21,23-24,26,35,38H,12-14H2,1-6H3/t19-,20-,21+,23+,24?,26-,29+,30-,31+/m0/s1. The Bertz CT molecular complexity index is 1360. The number of halogens is 1. The minimum absolute atomic E-state index is 0.0994. The van der Waals surface area contributed by atoms with E-state index in [-0.39, 0.29) is 30.6 Å². The highest BCUT2D eigenvalue weighted by molar-refractivity contribution is 6.23. The van der Waals surface area contributed by atoms with Crippen LogP contribution in [-0.4, -0.2) is 81.5 Å². The Labute approximate surface area is 249 Å². The third-order valence-corrected chi connectivity index (χ3v) is 10.8. The van der Waals surface area contributed by atoms with Crippen molar-refractivity contribution in [2.45, 2.75) is 95.4 Å². The first-order chi connectivity index (χ1) is 19.5. The van der Waals surface area contributed by atoms with Gasteiger partial charge in [-0.1, -0.05) is 39.0 Å². The van der Waals surface area contributed by atoms with Gasteiger partial charge in [-0.25, -0.2) is 4.79 Å². The van der Waals surface area contributed by atoms with Crippen LogP contribution in [0.1, 0.15) is 64.7 Å². The molecule has 1 aromatic rings. The molecule has 3 fully saturated rings. The smallest absolute Gasteiger partial charge is 0.338 e. The van der Waals surface area contributed by atoms with Crippen molar-refractivity contribution in [3.05, 3.63) is 47.0 Å². The van der Waals surface area contributed by atoms with Crippen molar-refractivity contribution in [2.24, 2.45) is 16.7 Å². The highest BCUT2D eigenvalue weighted by atomic mass is 35.5. The second-order valence-corrected chi connectivity index (χ2v) is 13.3. The molecule has 1 aromatic carbocycles. The molecule has 1 aliphatic heterocycles. The van der Waals surface area contributed by atoms with Crippen molar-refractivity contribution in [3.63, 3.8) is 0 Å². The van der Waals surface area contributed by atoms with Crippen LogP contribution in [0.3, 0.4) is 0 Å². The molecule has 0 aromatic heterocycles. The van der Waals surface area contributed by atoms with Crippen molar-refractivity contribution in [3.8, 4) is 0 Å². The van der Waals surface area contributed by atoms with Crippen molar-refractivity contribution in [1.29, 1.82) is 0 Å². The number of benzene rings is 1. The van der Waals surface area contributed by atoms with E-state index >= 15 is 0 Å². The largest absolute Gasteiger partial charge is 0.455 e. The van der Waals surface area contributed by atoms with Gasteiger partial charge >= 0.3 is 17.9 Å². The SMILES string of the molecule is CC(=O)O[C@H]1C(=O)[C@@]2(C)C([C@H](OC(=O)c3ccccc3)[C@]3(O)C[C@H](O)C(C)=C1C3(C)C)[C@]1(OC(C)=O)CO[C@@H]1C[C@@H]2Cl. The van der Waals surface area contributed by atoms with Gasteiger partial charge in [0.05, 0.1) is 29.6 Å². The predicted octanol–water partition coefficient (Wildman–Crippen LogP) is 2.90. The number of Topliss-reactive ketones (excluding diaryl/α,β-unsaturated/α-hetero) is 1. The lowest BCUT2D eigenvalue weighted by Crippen LogP contribution is -2.81. The topological polar surface area (TPSA) is 146 Å². The van der Waals surface area contributed by atoms with E-state index in [1.165, 1.54) is 13.8 Å². The molecule has 0 radical (unpaired) electrons. The number of carbonyl (C=O) groups excluding carboxylic acids is 4. The summed E-state index contributed by atoms with van der Waals surface area (Å²) >= 11 is 7.03. The Morgan fingerprint density at radius 3 is 2.24 bits per heavy atom. The van der Waals surface area contributed by atoms with Gasteiger partial charge in [0.2, 0.25) is 0 Å². The number of ether oxygens (including phenoxy) is 4. The highest BCUT2D eigenvalue weighted by Gasteiger charge is 2.78. The van der Waals surface area contributed by atoms with Crippen molar-refractivity contribution in [1.82, 2.24) is 0 Å². The first-order valence-electron chi connectivity index (χ1n) is 14.1. The fraction of sp³-hybridized carbons (Fsp3) is 0.613. The zero-order valence-electron chi connectivity index (χ0n) is 24.5. The number of fused-ring (bicyclic) bond motifs is 5. The van der Waals surface area contributed by atoms with Gasteiger partial charge < -0.3 is 29.2 Å². The van der Waals surface area contributed by atoms with Gasteiger partial charge in [-0.05, 0) is 36.6 Å². The quantitative estimate of drug-likeness (QED) is 0.228. The first kappa shape index (κ1) is 30.7. The van der Waals surface area contributed by atoms with Gasteiger partial charge in [0.15, 0.2) is 17.5 Å². The van der Waals surface area contributed by atoms with Gasteiger partial charge in [-0.3, -0.25) is 14.4 Å². The third-order valence-electron chi connectivity index (χ3n) is 10.1. The molecule has 2 bridgehead atoms. The molecule has 5 rings (SSSR count). The molecule has 228 valence electrons.